The Morgan fingerprint density at radius 1 is 1.44 bits per heavy atom. The first-order chi connectivity index (χ1) is 8.63. The lowest BCUT2D eigenvalue weighted by atomic mass is 10.1. The van der Waals surface area contributed by atoms with Gasteiger partial charge >= 0.3 is 0 Å². The molecule has 6 nitrogen and oxygen atoms in total. The van der Waals surface area contributed by atoms with Crippen LogP contribution in [0.2, 0.25) is 0 Å². The molecule has 1 fully saturated rings. The SMILES string of the molecule is O=C(c1ccc(O)cc1O)N1CCOCC1CO. The number of hydrogen-bond donors (Lipinski definition) is 3. The van der Waals surface area contributed by atoms with Crippen LogP contribution in [0, 0.1) is 0 Å². The highest BCUT2D eigenvalue weighted by Crippen LogP contribution is 2.25. The summed E-state index contributed by atoms with van der Waals surface area (Å²) in [4.78, 5) is 13.7. The lowest BCUT2D eigenvalue weighted by molar-refractivity contribution is -0.0185. The number of benzene rings is 1. The van der Waals surface area contributed by atoms with Gasteiger partial charge in [0.05, 0.1) is 31.4 Å². The minimum atomic E-state index is -0.403. The molecular weight excluding hydrogens is 238 g/mol. The number of phenols is 2. The fourth-order valence-corrected chi connectivity index (χ4v) is 1.93. The molecule has 3 N–H and O–H groups in total. The van der Waals surface area contributed by atoms with Crippen molar-refractivity contribution in [2.75, 3.05) is 26.4 Å². The van der Waals surface area contributed by atoms with Crippen molar-refractivity contribution in [2.45, 2.75) is 6.04 Å². The third kappa shape index (κ3) is 2.39. The number of aliphatic hydroxyl groups excluding tert-OH is 1. The zero-order valence-corrected chi connectivity index (χ0v) is 9.74. The maximum Gasteiger partial charge on any atom is 0.258 e. The molecule has 2 rings (SSSR count). The van der Waals surface area contributed by atoms with E-state index >= 15 is 0 Å². The Morgan fingerprint density at radius 3 is 2.89 bits per heavy atom. The van der Waals surface area contributed by atoms with Crippen LogP contribution < -0.4 is 0 Å². The van der Waals surface area contributed by atoms with Gasteiger partial charge in [0.15, 0.2) is 0 Å². The first-order valence-corrected chi connectivity index (χ1v) is 5.65. The molecule has 0 aromatic heterocycles. The highest BCUT2D eigenvalue weighted by molar-refractivity contribution is 5.97. The van der Waals surface area contributed by atoms with Crippen LogP contribution >= 0.6 is 0 Å². The van der Waals surface area contributed by atoms with Gasteiger partial charge in [-0.25, -0.2) is 0 Å². The van der Waals surface area contributed by atoms with Gasteiger partial charge in [-0.3, -0.25) is 4.79 Å². The smallest absolute Gasteiger partial charge is 0.258 e. The maximum absolute atomic E-state index is 12.2. The fourth-order valence-electron chi connectivity index (χ4n) is 1.93. The van der Waals surface area contributed by atoms with Crippen molar-refractivity contribution in [1.82, 2.24) is 4.90 Å². The molecule has 1 unspecified atom stereocenters. The first kappa shape index (κ1) is 12.7. The standard InChI is InChI=1S/C12H15NO5/c14-6-8-7-18-4-3-13(8)12(17)10-2-1-9(15)5-11(10)16/h1-2,5,8,14-16H,3-4,6-7H2. The van der Waals surface area contributed by atoms with Crippen LogP contribution in [0.4, 0.5) is 0 Å². The number of aromatic hydroxyl groups is 2. The predicted octanol–water partition coefficient (Wildman–Crippen LogP) is -0.0689. The van der Waals surface area contributed by atoms with Crippen molar-refractivity contribution >= 4 is 5.91 Å². The van der Waals surface area contributed by atoms with Gasteiger partial charge in [0.1, 0.15) is 11.5 Å². The number of ether oxygens (including phenoxy) is 1. The molecule has 0 spiro atoms. The molecule has 1 amide bonds. The van der Waals surface area contributed by atoms with E-state index in [9.17, 15) is 20.1 Å². The summed E-state index contributed by atoms with van der Waals surface area (Å²) < 4.78 is 5.18. The van der Waals surface area contributed by atoms with Gasteiger partial charge in [0.25, 0.3) is 5.91 Å². The molecule has 0 saturated carbocycles. The van der Waals surface area contributed by atoms with Gasteiger partial charge in [-0.1, -0.05) is 0 Å². The lowest BCUT2D eigenvalue weighted by Gasteiger charge is -2.34. The Hall–Kier alpha value is -1.79. The molecule has 1 aromatic carbocycles. The number of nitrogens with zero attached hydrogens (tertiary/aromatic N) is 1. The van der Waals surface area contributed by atoms with E-state index in [1.807, 2.05) is 0 Å². The molecule has 1 heterocycles. The predicted molar refractivity (Wildman–Crippen MR) is 62.5 cm³/mol. The number of amides is 1. The number of hydrogen-bond acceptors (Lipinski definition) is 5. The monoisotopic (exact) mass is 253 g/mol. The number of carbonyl (C=O) groups excluding carboxylic acids is 1. The summed E-state index contributed by atoms with van der Waals surface area (Å²) in [6.45, 7) is 0.858. The third-order valence-corrected chi connectivity index (χ3v) is 2.91. The number of phenolic OH excluding ortho intramolecular Hbond substituents is 2. The summed E-state index contributed by atoms with van der Waals surface area (Å²) in [6, 6.07) is 3.40. The van der Waals surface area contributed by atoms with E-state index in [1.165, 1.54) is 17.0 Å². The van der Waals surface area contributed by atoms with Gasteiger partial charge in [0.2, 0.25) is 0 Å². The molecule has 0 aliphatic carbocycles. The summed E-state index contributed by atoms with van der Waals surface area (Å²) in [7, 11) is 0. The van der Waals surface area contributed by atoms with Crippen molar-refractivity contribution in [3.63, 3.8) is 0 Å². The van der Waals surface area contributed by atoms with Crippen molar-refractivity contribution < 1.29 is 24.9 Å². The molecule has 98 valence electrons. The van der Waals surface area contributed by atoms with E-state index in [0.717, 1.165) is 6.07 Å². The largest absolute Gasteiger partial charge is 0.508 e. The van der Waals surface area contributed by atoms with E-state index in [2.05, 4.69) is 0 Å². The molecule has 1 saturated heterocycles. The van der Waals surface area contributed by atoms with Gasteiger partial charge < -0.3 is 25.0 Å². The van der Waals surface area contributed by atoms with Gasteiger partial charge in [-0.05, 0) is 12.1 Å². The van der Waals surface area contributed by atoms with E-state index in [0.29, 0.717) is 13.2 Å². The average molecular weight is 253 g/mol. The Balaban J connectivity index is 2.24. The zero-order valence-electron chi connectivity index (χ0n) is 9.74. The summed E-state index contributed by atoms with van der Waals surface area (Å²) >= 11 is 0. The van der Waals surface area contributed by atoms with E-state index in [1.54, 1.807) is 0 Å². The topological polar surface area (TPSA) is 90.2 Å². The fraction of sp³-hybridized carbons (Fsp3) is 0.417. The van der Waals surface area contributed by atoms with E-state index < -0.39 is 6.04 Å². The molecule has 1 atom stereocenters. The quantitative estimate of drug-likeness (QED) is 0.686. The normalized spacial score (nSPS) is 19.8. The van der Waals surface area contributed by atoms with Crippen molar-refractivity contribution in [2.24, 2.45) is 0 Å². The van der Waals surface area contributed by atoms with Gasteiger partial charge in [-0.15, -0.1) is 0 Å². The van der Waals surface area contributed by atoms with Gasteiger partial charge in [0, 0.05) is 12.6 Å². The van der Waals surface area contributed by atoms with E-state index in [-0.39, 0.29) is 36.2 Å². The van der Waals surface area contributed by atoms with Gasteiger partial charge in [-0.2, -0.15) is 0 Å². The van der Waals surface area contributed by atoms with Crippen molar-refractivity contribution in [3.8, 4) is 11.5 Å². The van der Waals surface area contributed by atoms with E-state index in [4.69, 9.17) is 4.74 Å². The van der Waals surface area contributed by atoms with Crippen LogP contribution in [0.5, 0.6) is 11.5 Å². The Morgan fingerprint density at radius 2 is 2.22 bits per heavy atom. The van der Waals surface area contributed by atoms with Crippen LogP contribution in [-0.4, -0.2) is 58.5 Å². The first-order valence-electron chi connectivity index (χ1n) is 5.65. The molecule has 1 aromatic rings. The van der Waals surface area contributed by atoms with Crippen LogP contribution in [0.15, 0.2) is 18.2 Å². The van der Waals surface area contributed by atoms with Crippen LogP contribution in [0.3, 0.4) is 0 Å². The van der Waals surface area contributed by atoms with Crippen LogP contribution in [0.25, 0.3) is 0 Å². The summed E-state index contributed by atoms with van der Waals surface area (Å²) in [6.07, 6.45) is 0. The molecule has 0 radical (unpaired) electrons. The molecule has 18 heavy (non-hydrogen) atoms. The second-order valence-corrected chi connectivity index (χ2v) is 4.11. The molecule has 1 aliphatic heterocycles. The summed E-state index contributed by atoms with van der Waals surface area (Å²) in [5.74, 6) is -0.761. The molecule has 6 heteroatoms. The third-order valence-electron chi connectivity index (χ3n) is 2.91. The second kappa shape index (κ2) is 5.24. The zero-order chi connectivity index (χ0) is 13.1. The van der Waals surface area contributed by atoms with Crippen LogP contribution in [-0.2, 0) is 4.74 Å². The Bertz CT molecular complexity index is 448. The second-order valence-electron chi connectivity index (χ2n) is 4.11. The number of aliphatic hydroxyl groups is 1. The highest BCUT2D eigenvalue weighted by atomic mass is 16.5. The summed E-state index contributed by atoms with van der Waals surface area (Å²) in [5, 5.41) is 28.0. The number of rotatable bonds is 2. The highest BCUT2D eigenvalue weighted by Gasteiger charge is 2.28. The lowest BCUT2D eigenvalue weighted by Crippen LogP contribution is -2.50. The minimum absolute atomic E-state index is 0.105. The van der Waals surface area contributed by atoms with Crippen molar-refractivity contribution in [3.05, 3.63) is 23.8 Å². The average Bonchev–Trinajstić information content (AvgIpc) is 2.38. The summed E-state index contributed by atoms with van der Waals surface area (Å²) in [5.41, 5.74) is 0.105. The minimum Gasteiger partial charge on any atom is -0.508 e. The number of morpholine rings is 1. The van der Waals surface area contributed by atoms with Crippen LogP contribution in [0.1, 0.15) is 10.4 Å². The Kier molecular flexibility index (Phi) is 3.69. The molecular formula is C12H15NO5. The Labute approximate surface area is 104 Å². The van der Waals surface area contributed by atoms with Crippen molar-refractivity contribution in [1.29, 1.82) is 0 Å². The maximum atomic E-state index is 12.2. The molecule has 0 bridgehead atoms. The number of carbonyl (C=O) groups is 1. The molecule has 1 aliphatic rings.